The van der Waals surface area contributed by atoms with Crippen LogP contribution in [0, 0.1) is 5.92 Å². The van der Waals surface area contributed by atoms with E-state index >= 15 is 0 Å². The number of carbonyl (C=O) groups excluding carboxylic acids is 1. The first kappa shape index (κ1) is 18.9. The molecular formula is C22H26N2O4. The first-order chi connectivity index (χ1) is 13.5. The Morgan fingerprint density at radius 2 is 2.04 bits per heavy atom. The minimum atomic E-state index is -1.07. The van der Waals surface area contributed by atoms with Gasteiger partial charge in [-0.1, -0.05) is 55.8 Å². The number of amides is 1. The third-order valence-electron chi connectivity index (χ3n) is 6.09. The highest BCUT2D eigenvalue weighted by molar-refractivity contribution is 5.92. The van der Waals surface area contributed by atoms with E-state index < -0.39 is 17.6 Å². The lowest BCUT2D eigenvalue weighted by molar-refractivity contribution is -0.144. The van der Waals surface area contributed by atoms with Crippen molar-refractivity contribution in [3.8, 4) is 0 Å². The molecular weight excluding hydrogens is 356 g/mol. The number of hydrogen-bond donors (Lipinski definition) is 3. The van der Waals surface area contributed by atoms with E-state index in [9.17, 15) is 14.7 Å². The summed E-state index contributed by atoms with van der Waals surface area (Å²) in [4.78, 5) is 24.1. The molecule has 1 saturated carbocycles. The molecule has 3 N–H and O–H groups in total. The van der Waals surface area contributed by atoms with Crippen molar-refractivity contribution in [2.75, 3.05) is 6.54 Å². The Hall–Kier alpha value is -2.44. The predicted molar refractivity (Wildman–Crippen MR) is 106 cm³/mol. The molecule has 148 valence electrons. The van der Waals surface area contributed by atoms with E-state index in [4.69, 9.17) is 4.74 Å². The van der Waals surface area contributed by atoms with Gasteiger partial charge in [-0.3, -0.25) is 4.79 Å². The molecule has 0 radical (unpaired) electrons. The number of carboxylic acid groups (broad SMARTS) is 1. The van der Waals surface area contributed by atoms with Gasteiger partial charge in [-0.05, 0) is 35.1 Å². The van der Waals surface area contributed by atoms with Crippen molar-refractivity contribution in [3.05, 3.63) is 48.0 Å². The summed E-state index contributed by atoms with van der Waals surface area (Å²) < 4.78 is 6.05. The quantitative estimate of drug-likeness (QED) is 0.685. The molecule has 2 fully saturated rings. The van der Waals surface area contributed by atoms with Crippen molar-refractivity contribution in [1.82, 2.24) is 10.6 Å². The summed E-state index contributed by atoms with van der Waals surface area (Å²) in [5.74, 6) is -1.15. The Morgan fingerprint density at radius 1 is 1.25 bits per heavy atom. The fraction of sp³-hybridized carbons (Fsp3) is 0.455. The van der Waals surface area contributed by atoms with E-state index in [2.05, 4.69) is 34.9 Å². The van der Waals surface area contributed by atoms with E-state index in [0.29, 0.717) is 26.0 Å². The predicted octanol–water partition coefficient (Wildman–Crippen LogP) is 2.46. The molecule has 0 spiro atoms. The number of fused-ring (bicyclic) bond motifs is 1. The van der Waals surface area contributed by atoms with Gasteiger partial charge in [0.05, 0.1) is 18.8 Å². The molecule has 28 heavy (non-hydrogen) atoms. The van der Waals surface area contributed by atoms with Crippen LogP contribution in [-0.2, 0) is 20.9 Å². The maximum absolute atomic E-state index is 12.6. The molecule has 6 heteroatoms. The molecule has 2 unspecified atom stereocenters. The van der Waals surface area contributed by atoms with Gasteiger partial charge in [0, 0.05) is 6.54 Å². The van der Waals surface area contributed by atoms with E-state index in [1.54, 1.807) is 0 Å². The Balaban J connectivity index is 1.33. The third-order valence-corrected chi connectivity index (χ3v) is 6.09. The summed E-state index contributed by atoms with van der Waals surface area (Å²) in [6, 6.07) is 14.0. The van der Waals surface area contributed by atoms with Crippen LogP contribution in [-0.4, -0.2) is 41.2 Å². The Morgan fingerprint density at radius 3 is 2.79 bits per heavy atom. The summed E-state index contributed by atoms with van der Waals surface area (Å²) in [6.07, 6.45) is 1.74. The third kappa shape index (κ3) is 3.50. The van der Waals surface area contributed by atoms with Crippen molar-refractivity contribution in [3.63, 3.8) is 0 Å². The van der Waals surface area contributed by atoms with E-state index in [0.717, 1.165) is 12.0 Å². The van der Waals surface area contributed by atoms with Crippen molar-refractivity contribution >= 4 is 22.6 Å². The van der Waals surface area contributed by atoms with Crippen LogP contribution < -0.4 is 10.6 Å². The SMILES string of the molecule is CCC1C[C@]1(NC(=O)C1C[C@@H](OCc2cccc3ccccc23)CN1)C(=O)O. The van der Waals surface area contributed by atoms with Gasteiger partial charge in [-0.2, -0.15) is 0 Å². The van der Waals surface area contributed by atoms with Crippen molar-refractivity contribution in [1.29, 1.82) is 0 Å². The molecule has 1 aliphatic heterocycles. The number of carboxylic acids is 1. The highest BCUT2D eigenvalue weighted by Gasteiger charge is 2.61. The van der Waals surface area contributed by atoms with Gasteiger partial charge in [0.25, 0.3) is 0 Å². The summed E-state index contributed by atoms with van der Waals surface area (Å²) in [6.45, 7) is 3.02. The van der Waals surface area contributed by atoms with Crippen LogP contribution in [0.4, 0.5) is 0 Å². The summed E-state index contributed by atoms with van der Waals surface area (Å²) >= 11 is 0. The van der Waals surface area contributed by atoms with Crippen molar-refractivity contribution < 1.29 is 19.4 Å². The number of benzene rings is 2. The lowest BCUT2D eigenvalue weighted by Crippen LogP contribution is -2.51. The first-order valence-electron chi connectivity index (χ1n) is 9.90. The largest absolute Gasteiger partial charge is 0.479 e. The van der Waals surface area contributed by atoms with Crippen molar-refractivity contribution in [2.45, 2.75) is 50.5 Å². The maximum Gasteiger partial charge on any atom is 0.329 e. The second-order valence-electron chi connectivity index (χ2n) is 7.84. The maximum atomic E-state index is 12.6. The standard InChI is InChI=1S/C22H26N2O4/c1-2-16-11-22(16,21(26)27)24-20(25)19-10-17(12-23-19)28-13-15-8-5-7-14-6-3-4-9-18(14)15/h3-9,16-17,19,23H,2,10-13H2,1H3,(H,24,25)(H,26,27)/t16?,17-,19?,22-/m1/s1. The monoisotopic (exact) mass is 382 g/mol. The minimum Gasteiger partial charge on any atom is -0.479 e. The fourth-order valence-electron chi connectivity index (χ4n) is 4.25. The van der Waals surface area contributed by atoms with E-state index in [1.807, 2.05) is 25.1 Å². The fourth-order valence-corrected chi connectivity index (χ4v) is 4.25. The summed E-state index contributed by atoms with van der Waals surface area (Å²) in [7, 11) is 0. The van der Waals surface area contributed by atoms with Gasteiger partial charge in [-0.15, -0.1) is 0 Å². The van der Waals surface area contributed by atoms with Crippen LogP contribution >= 0.6 is 0 Å². The van der Waals surface area contributed by atoms with Crippen LogP contribution in [0.3, 0.4) is 0 Å². The first-order valence-corrected chi connectivity index (χ1v) is 9.90. The van der Waals surface area contributed by atoms with Gasteiger partial charge in [0.15, 0.2) is 0 Å². The smallest absolute Gasteiger partial charge is 0.329 e. The number of nitrogens with one attached hydrogen (secondary N) is 2. The topological polar surface area (TPSA) is 87.7 Å². The van der Waals surface area contributed by atoms with Crippen LogP contribution in [0.2, 0.25) is 0 Å². The average Bonchev–Trinajstić information content (AvgIpc) is 3.22. The average molecular weight is 382 g/mol. The Labute approximate surface area is 164 Å². The molecule has 1 amide bonds. The molecule has 1 heterocycles. The highest BCUT2D eigenvalue weighted by Crippen LogP contribution is 2.46. The number of aliphatic carboxylic acids is 1. The molecule has 0 bridgehead atoms. The summed E-state index contributed by atoms with van der Waals surface area (Å²) in [5, 5.41) is 17.8. The Kier molecular flexibility index (Phi) is 5.08. The van der Waals surface area contributed by atoms with Gasteiger partial charge in [-0.25, -0.2) is 4.79 Å². The number of hydrogen-bond acceptors (Lipinski definition) is 4. The van der Waals surface area contributed by atoms with Crippen LogP contribution in [0.1, 0.15) is 31.7 Å². The number of rotatable bonds is 7. The van der Waals surface area contributed by atoms with Crippen LogP contribution in [0.5, 0.6) is 0 Å². The van der Waals surface area contributed by atoms with Crippen LogP contribution in [0.25, 0.3) is 10.8 Å². The molecule has 6 nitrogen and oxygen atoms in total. The van der Waals surface area contributed by atoms with Gasteiger partial charge >= 0.3 is 5.97 Å². The normalized spacial score (nSPS) is 29.0. The molecule has 4 rings (SSSR count). The second kappa shape index (κ2) is 7.53. The number of carbonyl (C=O) groups is 2. The lowest BCUT2D eigenvalue weighted by atomic mass is 10.1. The molecule has 2 aromatic carbocycles. The zero-order valence-corrected chi connectivity index (χ0v) is 16.0. The molecule has 4 atom stereocenters. The molecule has 1 saturated heterocycles. The molecule has 2 aromatic rings. The molecule has 1 aliphatic carbocycles. The number of ether oxygens (including phenoxy) is 1. The zero-order valence-electron chi connectivity index (χ0n) is 16.0. The van der Waals surface area contributed by atoms with E-state index in [1.165, 1.54) is 10.8 Å². The minimum absolute atomic E-state index is 0.0220. The highest BCUT2D eigenvalue weighted by atomic mass is 16.5. The van der Waals surface area contributed by atoms with Gasteiger partial charge in [0.2, 0.25) is 5.91 Å². The Bertz CT molecular complexity index is 894. The van der Waals surface area contributed by atoms with Gasteiger partial charge < -0.3 is 20.5 Å². The summed E-state index contributed by atoms with van der Waals surface area (Å²) in [5.41, 5.74) is 0.0506. The van der Waals surface area contributed by atoms with E-state index in [-0.39, 0.29) is 17.9 Å². The van der Waals surface area contributed by atoms with Crippen molar-refractivity contribution in [2.24, 2.45) is 5.92 Å². The van der Waals surface area contributed by atoms with Crippen LogP contribution in [0.15, 0.2) is 42.5 Å². The zero-order chi connectivity index (χ0) is 19.7. The van der Waals surface area contributed by atoms with Gasteiger partial charge in [0.1, 0.15) is 5.54 Å². The molecule has 0 aromatic heterocycles. The molecule has 2 aliphatic rings. The lowest BCUT2D eigenvalue weighted by Gasteiger charge is -2.18. The second-order valence-corrected chi connectivity index (χ2v) is 7.84.